The third-order valence-corrected chi connectivity index (χ3v) is 4.41. The summed E-state index contributed by atoms with van der Waals surface area (Å²) >= 11 is 0. The maximum absolute atomic E-state index is 13.1. The van der Waals surface area contributed by atoms with Gasteiger partial charge >= 0.3 is 0 Å². The van der Waals surface area contributed by atoms with Crippen LogP contribution in [0.1, 0.15) is 21.5 Å². The Morgan fingerprint density at radius 3 is 2.43 bits per heavy atom. The molecule has 0 aliphatic rings. The third-order valence-electron chi connectivity index (χ3n) is 3.11. The summed E-state index contributed by atoms with van der Waals surface area (Å²) in [6, 6.07) is 8.44. The molecule has 0 aromatic heterocycles. The summed E-state index contributed by atoms with van der Waals surface area (Å²) in [4.78, 5) is 12.3. The fraction of sp³-hybridized carbons (Fsp3) is 0.188. The molecule has 0 heterocycles. The summed E-state index contributed by atoms with van der Waals surface area (Å²) in [7, 11) is -1.70. The molecule has 0 aliphatic carbocycles. The van der Waals surface area contributed by atoms with Crippen LogP contribution in [-0.4, -0.2) is 15.7 Å². The van der Waals surface area contributed by atoms with Crippen molar-refractivity contribution in [3.63, 3.8) is 0 Å². The van der Waals surface area contributed by atoms with Gasteiger partial charge < -0.3 is 0 Å². The van der Waals surface area contributed by atoms with Gasteiger partial charge in [-0.25, -0.2) is 8.78 Å². The highest BCUT2D eigenvalue weighted by Crippen LogP contribution is 2.16. The van der Waals surface area contributed by atoms with Crippen LogP contribution in [-0.2, 0) is 10.8 Å². The second-order valence-electron chi connectivity index (χ2n) is 4.81. The van der Waals surface area contributed by atoms with Gasteiger partial charge in [-0.3, -0.25) is 9.00 Å². The van der Waals surface area contributed by atoms with Crippen LogP contribution < -0.4 is 0 Å². The first-order chi connectivity index (χ1) is 9.88. The largest absolute Gasteiger partial charge is 0.293 e. The zero-order valence-corrected chi connectivity index (χ0v) is 12.5. The molecule has 0 spiro atoms. The predicted octanol–water partition coefficient (Wildman–Crippen LogP) is 3.57. The van der Waals surface area contributed by atoms with E-state index in [0.717, 1.165) is 23.3 Å². The lowest BCUT2D eigenvalue weighted by atomic mass is 10.0. The van der Waals surface area contributed by atoms with Crippen LogP contribution in [0.2, 0.25) is 0 Å². The van der Waals surface area contributed by atoms with E-state index in [1.807, 2.05) is 19.1 Å². The van der Waals surface area contributed by atoms with E-state index in [2.05, 4.69) is 0 Å². The summed E-state index contributed by atoms with van der Waals surface area (Å²) < 4.78 is 38.1. The predicted molar refractivity (Wildman–Crippen MR) is 77.9 cm³/mol. The van der Waals surface area contributed by atoms with E-state index in [9.17, 15) is 17.8 Å². The molecule has 0 bridgehead atoms. The van der Waals surface area contributed by atoms with Gasteiger partial charge in [0.1, 0.15) is 0 Å². The van der Waals surface area contributed by atoms with Crippen LogP contribution in [0.5, 0.6) is 0 Å². The number of carbonyl (C=O) groups is 1. The van der Waals surface area contributed by atoms with E-state index in [0.29, 0.717) is 5.56 Å². The summed E-state index contributed by atoms with van der Waals surface area (Å²) in [5.74, 6) is -2.61. The quantitative estimate of drug-likeness (QED) is 0.809. The van der Waals surface area contributed by atoms with Gasteiger partial charge in [-0.2, -0.15) is 0 Å². The fourth-order valence-corrected chi connectivity index (χ4v) is 2.95. The van der Waals surface area contributed by atoms with Crippen LogP contribution in [0.15, 0.2) is 41.3 Å². The lowest BCUT2D eigenvalue weighted by Crippen LogP contribution is -2.13. The van der Waals surface area contributed by atoms with Gasteiger partial charge in [-0.1, -0.05) is 17.7 Å². The van der Waals surface area contributed by atoms with Crippen molar-refractivity contribution >= 4 is 16.6 Å². The molecule has 1 atom stereocenters. The van der Waals surface area contributed by atoms with E-state index in [-0.39, 0.29) is 16.4 Å². The Balaban J connectivity index is 2.20. The molecule has 0 amide bonds. The first-order valence-corrected chi connectivity index (χ1v) is 7.64. The van der Waals surface area contributed by atoms with Gasteiger partial charge in [0.25, 0.3) is 0 Å². The smallest absolute Gasteiger partial charge is 0.175 e. The molecular weight excluding hydrogens is 294 g/mol. The third kappa shape index (κ3) is 3.61. The molecule has 2 nitrogen and oxygen atoms in total. The second kappa shape index (κ2) is 6.26. The molecule has 0 fully saturated rings. The average Bonchev–Trinajstić information content (AvgIpc) is 2.44. The zero-order valence-electron chi connectivity index (χ0n) is 11.7. The van der Waals surface area contributed by atoms with Gasteiger partial charge in [0.15, 0.2) is 17.4 Å². The highest BCUT2D eigenvalue weighted by Gasteiger charge is 2.16. The van der Waals surface area contributed by atoms with Gasteiger partial charge in [0, 0.05) is 10.5 Å². The molecule has 0 saturated carbocycles. The van der Waals surface area contributed by atoms with Crippen LogP contribution in [0, 0.1) is 25.5 Å². The summed E-state index contributed by atoms with van der Waals surface area (Å²) in [5.41, 5.74) is 2.24. The number of rotatable bonds is 4. The molecule has 0 aliphatic heterocycles. The fourth-order valence-electron chi connectivity index (χ4n) is 1.93. The number of carbonyl (C=O) groups excluding carboxylic acids is 1. The normalized spacial score (nSPS) is 12.2. The van der Waals surface area contributed by atoms with Crippen molar-refractivity contribution in [2.24, 2.45) is 0 Å². The van der Waals surface area contributed by atoms with E-state index >= 15 is 0 Å². The van der Waals surface area contributed by atoms with Crippen LogP contribution >= 0.6 is 0 Å². The molecule has 1 unspecified atom stereocenters. The Morgan fingerprint density at radius 1 is 1.05 bits per heavy atom. The maximum Gasteiger partial charge on any atom is 0.175 e. The summed E-state index contributed by atoms with van der Waals surface area (Å²) in [5, 5.41) is 0. The molecule has 0 radical (unpaired) electrons. The maximum atomic E-state index is 13.1. The molecule has 0 N–H and O–H groups in total. The van der Waals surface area contributed by atoms with Gasteiger partial charge in [-0.15, -0.1) is 0 Å². The second-order valence-corrected chi connectivity index (χ2v) is 6.26. The molecule has 2 aromatic carbocycles. The Hall–Kier alpha value is -1.88. The van der Waals surface area contributed by atoms with E-state index in [1.165, 1.54) is 6.07 Å². The summed E-state index contributed by atoms with van der Waals surface area (Å²) in [6.07, 6.45) is 0. The highest BCUT2D eigenvalue weighted by molar-refractivity contribution is 7.85. The van der Waals surface area contributed by atoms with Crippen molar-refractivity contribution in [3.8, 4) is 0 Å². The number of hydrogen-bond acceptors (Lipinski definition) is 2. The Labute approximate surface area is 124 Å². The van der Waals surface area contributed by atoms with Crippen LogP contribution in [0.3, 0.4) is 0 Å². The number of benzene rings is 2. The number of aryl methyl sites for hydroxylation is 2. The number of halogens is 2. The lowest BCUT2D eigenvalue weighted by molar-refractivity contribution is 0.102. The number of ketones is 1. The lowest BCUT2D eigenvalue weighted by Gasteiger charge is -2.07. The minimum Gasteiger partial charge on any atom is -0.293 e. The number of Topliss-reactive ketones (excluding diaryl/α,β-unsaturated/α-hetero) is 1. The van der Waals surface area contributed by atoms with Crippen molar-refractivity contribution in [2.45, 2.75) is 18.7 Å². The monoisotopic (exact) mass is 308 g/mol. The molecule has 2 rings (SSSR count). The molecule has 2 aromatic rings. The van der Waals surface area contributed by atoms with Crippen LogP contribution in [0.4, 0.5) is 8.78 Å². The van der Waals surface area contributed by atoms with Crippen molar-refractivity contribution in [3.05, 3.63) is 64.7 Å². The minimum absolute atomic E-state index is 0.104. The Morgan fingerprint density at radius 2 is 1.76 bits per heavy atom. The molecule has 0 saturated heterocycles. The first-order valence-electron chi connectivity index (χ1n) is 6.32. The number of hydrogen-bond donors (Lipinski definition) is 0. The average molecular weight is 308 g/mol. The minimum atomic E-state index is -1.70. The van der Waals surface area contributed by atoms with Crippen molar-refractivity contribution in [1.82, 2.24) is 0 Å². The van der Waals surface area contributed by atoms with Gasteiger partial charge in [0.2, 0.25) is 0 Å². The Kier molecular flexibility index (Phi) is 4.63. The van der Waals surface area contributed by atoms with E-state index in [4.69, 9.17) is 0 Å². The van der Waals surface area contributed by atoms with Gasteiger partial charge in [0.05, 0.1) is 16.6 Å². The van der Waals surface area contributed by atoms with E-state index < -0.39 is 22.4 Å². The van der Waals surface area contributed by atoms with Crippen molar-refractivity contribution in [2.75, 3.05) is 5.75 Å². The molecule has 21 heavy (non-hydrogen) atoms. The zero-order chi connectivity index (χ0) is 15.6. The van der Waals surface area contributed by atoms with E-state index in [1.54, 1.807) is 13.0 Å². The highest BCUT2D eigenvalue weighted by atomic mass is 32.2. The topological polar surface area (TPSA) is 34.1 Å². The Bertz CT molecular complexity index is 726. The molecule has 110 valence electrons. The molecular formula is C16H14F2O2S. The SMILES string of the molecule is Cc1ccc(C)c(C(=O)CS(=O)c2ccc(F)c(F)c2)c1. The molecule has 5 heteroatoms. The van der Waals surface area contributed by atoms with Crippen LogP contribution in [0.25, 0.3) is 0 Å². The van der Waals surface area contributed by atoms with Crippen molar-refractivity contribution in [1.29, 1.82) is 0 Å². The standard InChI is InChI=1S/C16H14F2O2S/c1-10-3-4-11(2)13(7-10)16(19)9-21(20)12-5-6-14(17)15(18)8-12/h3-8H,9H2,1-2H3. The van der Waals surface area contributed by atoms with Crippen molar-refractivity contribution < 1.29 is 17.8 Å². The first kappa shape index (κ1) is 15.5. The summed E-state index contributed by atoms with van der Waals surface area (Å²) in [6.45, 7) is 3.66. The van der Waals surface area contributed by atoms with Gasteiger partial charge in [-0.05, 0) is 43.7 Å².